The molecule has 6 nitrogen and oxygen atoms in total. The predicted molar refractivity (Wildman–Crippen MR) is 101 cm³/mol. The van der Waals surface area contributed by atoms with Crippen molar-refractivity contribution in [2.24, 2.45) is 0 Å². The predicted octanol–water partition coefficient (Wildman–Crippen LogP) is 3.28. The van der Waals surface area contributed by atoms with Gasteiger partial charge in [-0.15, -0.1) is 0 Å². The van der Waals surface area contributed by atoms with Crippen LogP contribution in [0, 0.1) is 6.92 Å². The molecule has 0 aromatic carbocycles. The van der Waals surface area contributed by atoms with Crippen LogP contribution in [0.25, 0.3) is 5.65 Å². The van der Waals surface area contributed by atoms with Crippen LogP contribution in [0.1, 0.15) is 41.0 Å². The van der Waals surface area contributed by atoms with Crippen LogP contribution in [-0.4, -0.2) is 38.3 Å². The fourth-order valence-corrected chi connectivity index (χ4v) is 3.44. The summed E-state index contributed by atoms with van der Waals surface area (Å²) in [6.45, 7) is 4.25. The van der Waals surface area contributed by atoms with Crippen LogP contribution >= 0.6 is 0 Å². The summed E-state index contributed by atoms with van der Waals surface area (Å²) in [6.07, 6.45) is 7.09. The first-order valence-corrected chi connectivity index (χ1v) is 9.14. The lowest BCUT2D eigenvalue weighted by Gasteiger charge is -2.27. The molecule has 1 saturated heterocycles. The van der Waals surface area contributed by atoms with Crippen molar-refractivity contribution in [1.29, 1.82) is 0 Å². The number of likely N-dealkylation sites (tertiary alicyclic amines) is 1. The summed E-state index contributed by atoms with van der Waals surface area (Å²) in [5.41, 5.74) is 3.61. The third-order valence-corrected chi connectivity index (χ3v) is 4.86. The molecule has 4 heterocycles. The van der Waals surface area contributed by atoms with Gasteiger partial charge in [-0.05, 0) is 50.5 Å². The molecule has 26 heavy (non-hydrogen) atoms. The number of carbonyl (C=O) groups is 1. The number of imidazole rings is 1. The lowest BCUT2D eigenvalue weighted by Crippen LogP contribution is -2.36. The molecule has 6 heteroatoms. The molecule has 1 aliphatic rings. The highest BCUT2D eigenvalue weighted by Gasteiger charge is 2.21. The maximum absolute atomic E-state index is 12.8. The third kappa shape index (κ3) is 3.27. The normalized spacial score (nSPS) is 14.6. The van der Waals surface area contributed by atoms with Crippen molar-refractivity contribution in [3.05, 3.63) is 59.7 Å². The highest BCUT2D eigenvalue weighted by molar-refractivity contribution is 5.98. The smallest absolute Gasteiger partial charge is 0.257 e. The standard InChI is InChI=1S/C20H23N5O/c1-15-7-5-9-18-23-16(14-25(15)18)13-22-19-17(8-6-10-21-19)20(26)24-11-3-2-4-12-24/h5-10,14H,2-4,11-13H2,1H3,(H,21,22). The van der Waals surface area contributed by atoms with Crippen LogP contribution in [0.5, 0.6) is 0 Å². The van der Waals surface area contributed by atoms with E-state index in [2.05, 4.69) is 32.7 Å². The number of aromatic nitrogens is 3. The molecular formula is C20H23N5O. The van der Waals surface area contributed by atoms with Crippen LogP contribution < -0.4 is 5.32 Å². The van der Waals surface area contributed by atoms with E-state index in [4.69, 9.17) is 0 Å². The summed E-state index contributed by atoms with van der Waals surface area (Å²) in [6, 6.07) is 9.71. The van der Waals surface area contributed by atoms with Gasteiger partial charge in [0.2, 0.25) is 0 Å². The van der Waals surface area contributed by atoms with Gasteiger partial charge in [0.25, 0.3) is 5.91 Å². The van der Waals surface area contributed by atoms with Crippen LogP contribution in [0.2, 0.25) is 0 Å². The molecule has 0 atom stereocenters. The van der Waals surface area contributed by atoms with Crippen molar-refractivity contribution < 1.29 is 4.79 Å². The van der Waals surface area contributed by atoms with Crippen molar-refractivity contribution in [2.75, 3.05) is 18.4 Å². The summed E-state index contributed by atoms with van der Waals surface area (Å²) >= 11 is 0. The fraction of sp³-hybridized carbons (Fsp3) is 0.350. The minimum absolute atomic E-state index is 0.0612. The number of piperidine rings is 1. The van der Waals surface area contributed by atoms with E-state index in [9.17, 15) is 4.79 Å². The summed E-state index contributed by atoms with van der Waals surface area (Å²) in [5.74, 6) is 0.683. The molecule has 0 spiro atoms. The second kappa shape index (κ2) is 7.15. The van der Waals surface area contributed by atoms with Gasteiger partial charge in [0, 0.05) is 31.2 Å². The Hall–Kier alpha value is -2.89. The molecule has 3 aromatic rings. The van der Waals surface area contributed by atoms with Crippen molar-refractivity contribution in [3.63, 3.8) is 0 Å². The second-order valence-electron chi connectivity index (χ2n) is 6.73. The number of carbonyl (C=O) groups excluding carboxylic acids is 1. The van der Waals surface area contributed by atoms with Crippen molar-refractivity contribution >= 4 is 17.4 Å². The average Bonchev–Trinajstić information content (AvgIpc) is 3.11. The number of fused-ring (bicyclic) bond motifs is 1. The number of nitrogens with zero attached hydrogens (tertiary/aromatic N) is 4. The molecule has 1 aliphatic heterocycles. The van der Waals surface area contributed by atoms with Gasteiger partial charge in [-0.2, -0.15) is 0 Å². The highest BCUT2D eigenvalue weighted by atomic mass is 16.2. The van der Waals surface area contributed by atoms with E-state index in [1.54, 1.807) is 6.20 Å². The van der Waals surface area contributed by atoms with Crippen molar-refractivity contribution in [3.8, 4) is 0 Å². The fourth-order valence-electron chi connectivity index (χ4n) is 3.44. The molecule has 134 valence electrons. The molecule has 0 radical (unpaired) electrons. The average molecular weight is 349 g/mol. The molecule has 0 unspecified atom stereocenters. The van der Waals surface area contributed by atoms with Crippen molar-refractivity contribution in [1.82, 2.24) is 19.3 Å². The van der Waals surface area contributed by atoms with Gasteiger partial charge in [0.1, 0.15) is 11.5 Å². The summed E-state index contributed by atoms with van der Waals surface area (Å²) in [4.78, 5) is 23.8. The molecular weight excluding hydrogens is 326 g/mol. The first-order valence-electron chi connectivity index (χ1n) is 9.14. The van der Waals surface area contributed by atoms with E-state index in [0.29, 0.717) is 17.9 Å². The number of hydrogen-bond donors (Lipinski definition) is 1. The van der Waals surface area contributed by atoms with Crippen LogP contribution in [0.3, 0.4) is 0 Å². The van der Waals surface area contributed by atoms with Gasteiger partial charge in [-0.1, -0.05) is 6.07 Å². The minimum atomic E-state index is 0.0612. The Morgan fingerprint density at radius 2 is 2.00 bits per heavy atom. The van der Waals surface area contributed by atoms with Crippen molar-refractivity contribution in [2.45, 2.75) is 32.7 Å². The lowest BCUT2D eigenvalue weighted by molar-refractivity contribution is 0.0725. The SMILES string of the molecule is Cc1cccc2nc(CNc3ncccc3C(=O)N3CCCCC3)cn12. The molecule has 1 fully saturated rings. The Balaban J connectivity index is 1.52. The van der Waals surface area contributed by atoms with E-state index in [1.165, 1.54) is 6.42 Å². The highest BCUT2D eigenvalue weighted by Crippen LogP contribution is 2.19. The van der Waals surface area contributed by atoms with E-state index in [1.807, 2.05) is 35.4 Å². The van der Waals surface area contributed by atoms with Gasteiger partial charge < -0.3 is 14.6 Å². The number of rotatable bonds is 4. The zero-order valence-corrected chi connectivity index (χ0v) is 15.0. The number of amides is 1. The molecule has 0 aliphatic carbocycles. The number of nitrogens with one attached hydrogen (secondary N) is 1. The Morgan fingerprint density at radius 3 is 2.81 bits per heavy atom. The molecule has 1 amide bonds. The number of anilines is 1. The van der Waals surface area contributed by atoms with Gasteiger partial charge >= 0.3 is 0 Å². The Bertz CT molecular complexity index is 927. The van der Waals surface area contributed by atoms with Gasteiger partial charge in [-0.25, -0.2) is 9.97 Å². The van der Waals surface area contributed by atoms with Crippen LogP contribution in [0.15, 0.2) is 42.7 Å². The maximum Gasteiger partial charge on any atom is 0.257 e. The van der Waals surface area contributed by atoms with E-state index in [0.717, 1.165) is 43.0 Å². The summed E-state index contributed by atoms with van der Waals surface area (Å²) < 4.78 is 2.06. The largest absolute Gasteiger partial charge is 0.364 e. The quantitative estimate of drug-likeness (QED) is 0.785. The Morgan fingerprint density at radius 1 is 1.15 bits per heavy atom. The lowest BCUT2D eigenvalue weighted by atomic mass is 10.1. The summed E-state index contributed by atoms with van der Waals surface area (Å²) in [7, 11) is 0. The zero-order chi connectivity index (χ0) is 17.9. The molecule has 0 bridgehead atoms. The Kier molecular flexibility index (Phi) is 4.56. The minimum Gasteiger partial charge on any atom is -0.364 e. The maximum atomic E-state index is 12.8. The van der Waals surface area contributed by atoms with E-state index >= 15 is 0 Å². The number of hydrogen-bond acceptors (Lipinski definition) is 4. The van der Waals surface area contributed by atoms with E-state index in [-0.39, 0.29) is 5.91 Å². The molecule has 4 rings (SSSR count). The third-order valence-electron chi connectivity index (χ3n) is 4.86. The van der Waals surface area contributed by atoms with E-state index < -0.39 is 0 Å². The first-order chi connectivity index (χ1) is 12.7. The second-order valence-corrected chi connectivity index (χ2v) is 6.73. The van der Waals surface area contributed by atoms with Gasteiger partial charge in [0.05, 0.1) is 17.8 Å². The van der Waals surface area contributed by atoms with Crippen LogP contribution in [-0.2, 0) is 6.54 Å². The topological polar surface area (TPSA) is 62.5 Å². The van der Waals surface area contributed by atoms with Gasteiger partial charge in [-0.3, -0.25) is 4.79 Å². The zero-order valence-electron chi connectivity index (χ0n) is 15.0. The molecule has 1 N–H and O–H groups in total. The summed E-state index contributed by atoms with van der Waals surface area (Å²) in [5, 5.41) is 3.30. The molecule has 0 saturated carbocycles. The monoisotopic (exact) mass is 349 g/mol. The van der Waals surface area contributed by atoms with Gasteiger partial charge in [0.15, 0.2) is 0 Å². The number of pyridine rings is 2. The number of aryl methyl sites for hydroxylation is 1. The van der Waals surface area contributed by atoms with Crippen LogP contribution in [0.4, 0.5) is 5.82 Å². The first kappa shape index (κ1) is 16.6. The Labute approximate surface area is 152 Å². The molecule has 3 aromatic heterocycles.